The molecule has 53 heavy (non-hydrogen) atoms. The van der Waals surface area contributed by atoms with Crippen molar-refractivity contribution in [3.8, 4) is 0 Å². The van der Waals surface area contributed by atoms with E-state index >= 15 is 0 Å². The number of carbonyl (C=O) groups excluding carboxylic acids is 1. The van der Waals surface area contributed by atoms with Crippen LogP contribution in [-0.4, -0.2) is 97.5 Å². The molecule has 6 rings (SSSR count). The number of Topliss-reactive ketones (excluding diaryl/α,β-unsaturated/α-hetero) is 1. The third-order valence-corrected chi connectivity index (χ3v) is 15.2. The molecule has 3 saturated carbocycles. The summed E-state index contributed by atoms with van der Waals surface area (Å²) in [5, 5.41) is 76.8. The van der Waals surface area contributed by atoms with Crippen LogP contribution >= 0.6 is 0 Å². The van der Waals surface area contributed by atoms with Crippen molar-refractivity contribution >= 4 is 5.78 Å². The Morgan fingerprint density at radius 2 is 1.89 bits per heavy atom. The van der Waals surface area contributed by atoms with Gasteiger partial charge in [0.2, 0.25) is 0 Å². The van der Waals surface area contributed by atoms with Gasteiger partial charge < -0.3 is 51.7 Å². The van der Waals surface area contributed by atoms with Crippen LogP contribution in [0.2, 0.25) is 0 Å². The number of fused-ring (bicyclic) bond motifs is 5. The predicted molar refractivity (Wildman–Crippen MR) is 203 cm³/mol. The SMILES string of the molecule is CCCCCC[C@@H]1CO[C@@H]([C@@H](O)[C@](C)(O)[C@H]2CC[C@@]3(O)C4=C(NC[C@H](C)O)C(=O)[C@@H]5C[C@@H](O)[C@@H](O)C[C@]5(CCC5=CNC(N)C=C5)[C@H]4CC[C@]23C)[C@H]1C. The van der Waals surface area contributed by atoms with E-state index in [-0.39, 0.29) is 43.2 Å². The summed E-state index contributed by atoms with van der Waals surface area (Å²) in [5.41, 5.74) is 3.19. The summed E-state index contributed by atoms with van der Waals surface area (Å²) in [5.74, 6) is -1.22. The Balaban J connectivity index is 1.35. The molecule has 6 aliphatic rings. The van der Waals surface area contributed by atoms with Crippen LogP contribution in [0.25, 0.3) is 0 Å². The fourth-order valence-corrected chi connectivity index (χ4v) is 12.1. The summed E-state index contributed by atoms with van der Waals surface area (Å²) >= 11 is 0. The molecule has 0 radical (unpaired) electrons. The van der Waals surface area contributed by atoms with Gasteiger partial charge in [-0.1, -0.05) is 52.5 Å². The zero-order chi connectivity index (χ0) is 38.5. The van der Waals surface area contributed by atoms with Crippen LogP contribution in [0.5, 0.6) is 0 Å². The van der Waals surface area contributed by atoms with E-state index in [0.717, 1.165) is 18.4 Å². The molecule has 11 heteroatoms. The molecule has 0 aromatic carbocycles. The number of hydrogen-bond donors (Lipinski definition) is 9. The lowest BCUT2D eigenvalue weighted by Gasteiger charge is -2.62. The van der Waals surface area contributed by atoms with Gasteiger partial charge >= 0.3 is 0 Å². The first kappa shape index (κ1) is 40.8. The molecule has 0 spiro atoms. The minimum atomic E-state index is -1.59. The molecule has 2 heterocycles. The Morgan fingerprint density at radius 3 is 2.57 bits per heavy atom. The van der Waals surface area contributed by atoms with Gasteiger partial charge in [-0.15, -0.1) is 0 Å². The second kappa shape index (κ2) is 15.6. The van der Waals surface area contributed by atoms with E-state index < -0.39 is 64.4 Å². The summed E-state index contributed by atoms with van der Waals surface area (Å²) in [7, 11) is 0. The van der Waals surface area contributed by atoms with Crippen molar-refractivity contribution < 1.29 is 40.2 Å². The highest BCUT2D eigenvalue weighted by molar-refractivity contribution is 6.00. The lowest BCUT2D eigenvalue weighted by molar-refractivity contribution is -0.196. The predicted octanol–water partition coefficient (Wildman–Crippen LogP) is 3.31. The second-order valence-corrected chi connectivity index (χ2v) is 18.4. The molecule has 4 fully saturated rings. The van der Waals surface area contributed by atoms with Crippen molar-refractivity contribution in [2.75, 3.05) is 13.2 Å². The van der Waals surface area contributed by atoms with Crippen molar-refractivity contribution in [2.24, 2.45) is 46.2 Å². The van der Waals surface area contributed by atoms with E-state index in [1.807, 2.05) is 25.3 Å². The molecular weight excluding hydrogens is 674 g/mol. The maximum atomic E-state index is 14.9. The van der Waals surface area contributed by atoms with Gasteiger partial charge in [-0.2, -0.15) is 0 Å². The van der Waals surface area contributed by atoms with Crippen molar-refractivity contribution in [2.45, 2.75) is 166 Å². The third-order valence-electron chi connectivity index (χ3n) is 15.2. The molecule has 15 atom stereocenters. The molecule has 300 valence electrons. The standard InChI is InChI=1S/C42H69N3O8/c1-6-7-8-9-10-27-23-53-37(25(27)3)38(50)40(5,51)32-15-18-42(52)34-28(14-16-39(32,42)4)41(17-13-26-11-12-33(43)44-22-26)20-31(48)30(47)19-29(41)36(49)35(34)45-21-24(2)46/h11-12,22,24-25,27-33,37-38,44-48,50-52H,6-10,13-21,23,43H2,1-5H3/t24-,25-,27+,28-,29-,30+,31-,32-,33?,37+,38+,39+,40+,41+,42+/m0/s1. The zero-order valence-corrected chi connectivity index (χ0v) is 32.8. The number of nitrogens with one attached hydrogen (secondary N) is 2. The van der Waals surface area contributed by atoms with Crippen molar-refractivity contribution in [1.82, 2.24) is 10.6 Å². The lowest BCUT2D eigenvalue weighted by Crippen LogP contribution is -2.65. The molecule has 0 amide bonds. The van der Waals surface area contributed by atoms with Gasteiger partial charge in [-0.25, -0.2) is 0 Å². The Morgan fingerprint density at radius 1 is 1.13 bits per heavy atom. The fourth-order valence-electron chi connectivity index (χ4n) is 12.1. The van der Waals surface area contributed by atoms with E-state index in [2.05, 4.69) is 24.5 Å². The summed E-state index contributed by atoms with van der Waals surface area (Å²) in [6.45, 7) is 10.3. The van der Waals surface area contributed by atoms with E-state index in [4.69, 9.17) is 10.5 Å². The van der Waals surface area contributed by atoms with Gasteiger partial charge in [0.1, 0.15) is 6.10 Å². The van der Waals surface area contributed by atoms with Crippen LogP contribution in [0.4, 0.5) is 0 Å². The average molecular weight is 744 g/mol. The van der Waals surface area contributed by atoms with Crippen molar-refractivity contribution in [1.29, 1.82) is 0 Å². The van der Waals surface area contributed by atoms with Crippen LogP contribution < -0.4 is 16.4 Å². The van der Waals surface area contributed by atoms with Crippen LogP contribution in [0, 0.1) is 40.4 Å². The molecule has 0 aromatic heterocycles. The van der Waals surface area contributed by atoms with E-state index in [0.29, 0.717) is 62.3 Å². The monoisotopic (exact) mass is 744 g/mol. The fraction of sp³-hybridized carbons (Fsp3) is 0.833. The maximum Gasteiger partial charge on any atom is 0.182 e. The molecule has 1 saturated heterocycles. The smallest absolute Gasteiger partial charge is 0.182 e. The van der Waals surface area contributed by atoms with Gasteiger partial charge in [0.05, 0.1) is 54.1 Å². The third kappa shape index (κ3) is 7.09. The Hall–Kier alpha value is -1.83. The number of nitrogens with two attached hydrogens (primary N) is 1. The van der Waals surface area contributed by atoms with Gasteiger partial charge in [0, 0.05) is 24.1 Å². The number of aliphatic hydroxyl groups excluding tert-OH is 4. The largest absolute Gasteiger partial charge is 0.392 e. The summed E-state index contributed by atoms with van der Waals surface area (Å²) in [4.78, 5) is 14.9. The number of unbranched alkanes of at least 4 members (excludes halogenated alkanes) is 3. The van der Waals surface area contributed by atoms with E-state index in [9.17, 15) is 35.4 Å². The number of carbonyl (C=O) groups is 1. The highest BCUT2D eigenvalue weighted by Crippen LogP contribution is 2.70. The lowest BCUT2D eigenvalue weighted by atomic mass is 9.43. The van der Waals surface area contributed by atoms with Crippen LogP contribution in [-0.2, 0) is 9.53 Å². The number of ketones is 1. The summed E-state index contributed by atoms with van der Waals surface area (Å²) in [6, 6.07) is 0. The Kier molecular flexibility index (Phi) is 12.0. The highest BCUT2D eigenvalue weighted by Gasteiger charge is 2.71. The Bertz CT molecular complexity index is 1430. The first-order chi connectivity index (χ1) is 25.0. The van der Waals surface area contributed by atoms with Crippen molar-refractivity contribution in [3.05, 3.63) is 35.2 Å². The van der Waals surface area contributed by atoms with Crippen LogP contribution in [0.15, 0.2) is 35.2 Å². The van der Waals surface area contributed by atoms with Gasteiger partial charge in [-0.3, -0.25) is 4.79 Å². The average Bonchev–Trinajstić information content (AvgIpc) is 3.62. The summed E-state index contributed by atoms with van der Waals surface area (Å²) in [6.07, 6.45) is 10.0. The number of dihydropyridines is 1. The molecule has 11 nitrogen and oxygen atoms in total. The summed E-state index contributed by atoms with van der Waals surface area (Å²) < 4.78 is 6.26. The molecule has 1 unspecified atom stereocenters. The first-order valence-electron chi connectivity index (χ1n) is 20.7. The van der Waals surface area contributed by atoms with Crippen LogP contribution in [0.3, 0.4) is 0 Å². The van der Waals surface area contributed by atoms with Gasteiger partial charge in [-0.05, 0) is 118 Å². The molecule has 2 aliphatic heterocycles. The highest BCUT2D eigenvalue weighted by atomic mass is 16.5. The van der Waals surface area contributed by atoms with Crippen molar-refractivity contribution in [3.63, 3.8) is 0 Å². The number of ether oxygens (including phenoxy) is 1. The number of hydrogen-bond acceptors (Lipinski definition) is 11. The number of rotatable bonds is 14. The Labute approximate surface area is 316 Å². The second-order valence-electron chi connectivity index (χ2n) is 18.4. The molecular formula is C42H69N3O8. The minimum absolute atomic E-state index is 0.0711. The zero-order valence-electron chi connectivity index (χ0n) is 32.8. The maximum absolute atomic E-state index is 14.9. The minimum Gasteiger partial charge on any atom is -0.392 e. The number of allylic oxidation sites excluding steroid dienone is 3. The normalized spacial score (nSPS) is 43.3. The van der Waals surface area contributed by atoms with E-state index in [1.165, 1.54) is 19.3 Å². The quantitative estimate of drug-likeness (QED) is 0.118. The topological polar surface area (TPSA) is 198 Å². The first-order valence-corrected chi connectivity index (χ1v) is 20.7. The van der Waals surface area contributed by atoms with E-state index in [1.54, 1.807) is 13.8 Å². The van der Waals surface area contributed by atoms with Gasteiger partial charge in [0.25, 0.3) is 0 Å². The molecule has 0 bridgehead atoms. The van der Waals surface area contributed by atoms with Crippen LogP contribution in [0.1, 0.15) is 118 Å². The molecule has 0 aromatic rings. The molecule has 10 N–H and O–H groups in total. The number of aliphatic hydroxyl groups is 6. The molecule has 4 aliphatic carbocycles. The van der Waals surface area contributed by atoms with Gasteiger partial charge in [0.15, 0.2) is 5.78 Å².